The molecule has 0 aromatic heterocycles. The molecule has 0 aromatic carbocycles. The Morgan fingerprint density at radius 2 is 1.50 bits per heavy atom. The highest BCUT2D eigenvalue weighted by Gasteiger charge is 2.23. The van der Waals surface area contributed by atoms with E-state index in [1.165, 1.54) is 0 Å². The molecule has 0 rings (SSSR count). The van der Waals surface area contributed by atoms with Crippen molar-refractivity contribution in [1.29, 1.82) is 0 Å². The van der Waals surface area contributed by atoms with Gasteiger partial charge in [-0.1, -0.05) is 39.5 Å². The number of hydrogen-bond acceptors (Lipinski definition) is 3. The first kappa shape index (κ1) is 20.1. The van der Waals surface area contributed by atoms with Gasteiger partial charge in [0, 0.05) is 0 Å². The van der Waals surface area contributed by atoms with Crippen LogP contribution < -0.4 is 0 Å². The second kappa shape index (κ2) is 10.7. The molecule has 0 saturated heterocycles. The number of nitrogens with zero attached hydrogens (tertiary/aromatic N) is 1. The molecule has 1 unspecified atom stereocenters. The van der Waals surface area contributed by atoms with Crippen molar-refractivity contribution in [3.63, 3.8) is 0 Å². The Morgan fingerprint density at radius 1 is 0.900 bits per heavy atom. The molecular weight excluding hydrogens is 277 g/mol. The zero-order valence-corrected chi connectivity index (χ0v) is 14.5. The molecule has 0 aromatic rings. The largest absolute Gasteiger partial charge is 0.472 e. The standard InChI is InChI=1S/C14H32NO4P/c1-5-7-9-10-13-18-20(16,17)19-14-12-15(3,4)11-8-6-2/h5-14H2,1-4H3/p+1. The van der Waals surface area contributed by atoms with Crippen LogP contribution in [0.25, 0.3) is 0 Å². The molecule has 0 aliphatic carbocycles. The molecule has 1 N–H and O–H groups in total. The monoisotopic (exact) mass is 310 g/mol. The molecule has 1 atom stereocenters. The van der Waals surface area contributed by atoms with Crippen molar-refractivity contribution >= 4 is 7.82 Å². The molecule has 6 heteroatoms. The average molecular weight is 310 g/mol. The van der Waals surface area contributed by atoms with E-state index in [4.69, 9.17) is 9.05 Å². The molecule has 0 aliphatic heterocycles. The van der Waals surface area contributed by atoms with E-state index in [-0.39, 0.29) is 6.61 Å². The third-order valence-electron chi connectivity index (χ3n) is 3.32. The third kappa shape index (κ3) is 11.9. The van der Waals surface area contributed by atoms with Crippen molar-refractivity contribution in [3.8, 4) is 0 Å². The van der Waals surface area contributed by atoms with E-state index < -0.39 is 7.82 Å². The molecule has 5 nitrogen and oxygen atoms in total. The van der Waals surface area contributed by atoms with E-state index in [2.05, 4.69) is 27.9 Å². The van der Waals surface area contributed by atoms with Crippen LogP contribution in [0.5, 0.6) is 0 Å². The molecule has 0 heterocycles. The van der Waals surface area contributed by atoms with Crippen LogP contribution in [0.3, 0.4) is 0 Å². The smallest absolute Gasteiger partial charge is 0.327 e. The van der Waals surface area contributed by atoms with Gasteiger partial charge in [0.1, 0.15) is 13.2 Å². The van der Waals surface area contributed by atoms with Gasteiger partial charge in [0.15, 0.2) is 0 Å². The summed E-state index contributed by atoms with van der Waals surface area (Å²) in [4.78, 5) is 9.55. The lowest BCUT2D eigenvalue weighted by molar-refractivity contribution is -0.890. The van der Waals surface area contributed by atoms with Crippen LogP contribution in [0.2, 0.25) is 0 Å². The van der Waals surface area contributed by atoms with Crippen LogP contribution in [0.1, 0.15) is 52.4 Å². The molecule has 20 heavy (non-hydrogen) atoms. The van der Waals surface area contributed by atoms with Gasteiger partial charge in [0.25, 0.3) is 0 Å². The number of unbranched alkanes of at least 4 members (excludes halogenated alkanes) is 4. The van der Waals surface area contributed by atoms with Crippen LogP contribution in [-0.2, 0) is 13.6 Å². The molecule has 0 bridgehead atoms. The fraction of sp³-hybridized carbons (Fsp3) is 1.00. The summed E-state index contributed by atoms with van der Waals surface area (Å²) in [7, 11) is 0.345. The van der Waals surface area contributed by atoms with Crippen LogP contribution >= 0.6 is 7.82 Å². The second-order valence-electron chi connectivity index (χ2n) is 5.93. The van der Waals surface area contributed by atoms with E-state index in [1.54, 1.807) is 0 Å². The van der Waals surface area contributed by atoms with Crippen molar-refractivity contribution < 1.29 is 23.0 Å². The molecule has 0 aliphatic rings. The minimum absolute atomic E-state index is 0.249. The Morgan fingerprint density at radius 3 is 2.10 bits per heavy atom. The molecule has 0 spiro atoms. The topological polar surface area (TPSA) is 55.8 Å². The summed E-state index contributed by atoms with van der Waals surface area (Å²) in [6, 6.07) is 0. The minimum Gasteiger partial charge on any atom is -0.327 e. The number of rotatable bonds is 13. The Bertz CT molecular complexity index is 284. The van der Waals surface area contributed by atoms with Gasteiger partial charge in [-0.2, -0.15) is 0 Å². The molecule has 0 fully saturated rings. The number of phosphoric ester groups is 1. The summed E-state index contributed by atoms with van der Waals surface area (Å²) in [5.41, 5.74) is 0. The van der Waals surface area contributed by atoms with E-state index in [1.807, 2.05) is 0 Å². The summed E-state index contributed by atoms with van der Waals surface area (Å²) < 4.78 is 22.4. The first-order valence-corrected chi connectivity index (χ1v) is 9.26. The number of phosphoric acid groups is 1. The fourth-order valence-corrected chi connectivity index (χ4v) is 2.59. The quantitative estimate of drug-likeness (QED) is 0.321. The Balaban J connectivity index is 3.78. The van der Waals surface area contributed by atoms with Crippen molar-refractivity contribution in [2.45, 2.75) is 52.4 Å². The van der Waals surface area contributed by atoms with E-state index in [9.17, 15) is 9.46 Å². The van der Waals surface area contributed by atoms with Crippen LogP contribution in [-0.4, -0.2) is 49.8 Å². The zero-order valence-electron chi connectivity index (χ0n) is 13.6. The Hall–Kier alpha value is 0.0700. The van der Waals surface area contributed by atoms with Crippen molar-refractivity contribution in [3.05, 3.63) is 0 Å². The van der Waals surface area contributed by atoms with E-state index >= 15 is 0 Å². The lowest BCUT2D eigenvalue weighted by Gasteiger charge is -2.29. The SMILES string of the molecule is CCCCCCOP(=O)(O)OCC[N+](C)(C)CCCC. The highest BCUT2D eigenvalue weighted by molar-refractivity contribution is 7.47. The lowest BCUT2D eigenvalue weighted by atomic mass is 10.2. The second-order valence-corrected chi connectivity index (χ2v) is 7.39. The summed E-state index contributed by atoms with van der Waals surface area (Å²) in [6.07, 6.45) is 6.40. The van der Waals surface area contributed by atoms with E-state index in [0.29, 0.717) is 13.2 Å². The van der Waals surface area contributed by atoms with Gasteiger partial charge in [0.2, 0.25) is 0 Å². The molecular formula is C14H33NO4P+. The zero-order chi connectivity index (χ0) is 15.5. The van der Waals surface area contributed by atoms with Gasteiger partial charge in [0.05, 0.1) is 27.2 Å². The summed E-state index contributed by atoms with van der Waals surface area (Å²) >= 11 is 0. The summed E-state index contributed by atoms with van der Waals surface area (Å²) in [6.45, 7) is 6.59. The van der Waals surface area contributed by atoms with Crippen LogP contribution in [0, 0.1) is 0 Å². The van der Waals surface area contributed by atoms with E-state index in [0.717, 1.165) is 49.6 Å². The first-order chi connectivity index (χ1) is 9.33. The van der Waals surface area contributed by atoms with Gasteiger partial charge in [-0.25, -0.2) is 4.57 Å². The maximum Gasteiger partial charge on any atom is 0.472 e. The van der Waals surface area contributed by atoms with Crippen molar-refractivity contribution in [1.82, 2.24) is 0 Å². The number of hydrogen-bond donors (Lipinski definition) is 1. The van der Waals surface area contributed by atoms with Gasteiger partial charge in [-0.05, 0) is 12.8 Å². The van der Waals surface area contributed by atoms with Crippen molar-refractivity contribution in [2.24, 2.45) is 0 Å². The highest BCUT2D eigenvalue weighted by atomic mass is 31.2. The number of quaternary nitrogens is 1. The molecule has 122 valence electrons. The normalized spacial score (nSPS) is 15.2. The predicted octanol–water partition coefficient (Wildman–Crippen LogP) is 3.58. The fourth-order valence-electron chi connectivity index (χ4n) is 1.85. The van der Waals surface area contributed by atoms with Gasteiger partial charge >= 0.3 is 7.82 Å². The van der Waals surface area contributed by atoms with Crippen molar-refractivity contribution in [2.75, 3.05) is 40.4 Å². The number of likely N-dealkylation sites (N-methyl/N-ethyl adjacent to an activating group) is 1. The Labute approximate surface area is 124 Å². The molecule has 0 amide bonds. The lowest BCUT2D eigenvalue weighted by Crippen LogP contribution is -2.42. The van der Waals surface area contributed by atoms with Gasteiger partial charge < -0.3 is 9.38 Å². The minimum atomic E-state index is -3.86. The third-order valence-corrected chi connectivity index (χ3v) is 4.34. The molecule has 0 saturated carbocycles. The summed E-state index contributed by atoms with van der Waals surface area (Å²) in [5, 5.41) is 0. The van der Waals surface area contributed by atoms with Crippen LogP contribution in [0.4, 0.5) is 0 Å². The van der Waals surface area contributed by atoms with Crippen LogP contribution in [0.15, 0.2) is 0 Å². The maximum atomic E-state index is 11.7. The maximum absolute atomic E-state index is 11.7. The summed E-state index contributed by atoms with van der Waals surface area (Å²) in [5.74, 6) is 0. The Kier molecular flexibility index (Phi) is 10.8. The predicted molar refractivity (Wildman–Crippen MR) is 82.6 cm³/mol. The molecule has 0 radical (unpaired) electrons. The average Bonchev–Trinajstić information content (AvgIpc) is 2.35. The first-order valence-electron chi connectivity index (χ1n) is 7.77. The highest BCUT2D eigenvalue weighted by Crippen LogP contribution is 2.43. The van der Waals surface area contributed by atoms with Gasteiger partial charge in [-0.3, -0.25) is 9.05 Å². The van der Waals surface area contributed by atoms with Gasteiger partial charge in [-0.15, -0.1) is 0 Å².